The first-order chi connectivity index (χ1) is 9.02. The van der Waals surface area contributed by atoms with Crippen LogP contribution in [0.4, 0.5) is 0 Å². The summed E-state index contributed by atoms with van der Waals surface area (Å²) in [6.07, 6.45) is 0. The van der Waals surface area contributed by atoms with Crippen molar-refractivity contribution in [1.29, 1.82) is 0 Å². The molecule has 19 heavy (non-hydrogen) atoms. The molecule has 0 atom stereocenters. The van der Waals surface area contributed by atoms with Crippen molar-refractivity contribution in [3.63, 3.8) is 0 Å². The number of aliphatic hydroxyl groups is 1. The molecule has 1 aromatic carbocycles. The van der Waals surface area contributed by atoms with Gasteiger partial charge < -0.3 is 10.2 Å². The Morgan fingerprint density at radius 3 is 2.63 bits per heavy atom. The molecule has 0 amide bonds. The molecule has 0 aliphatic carbocycles. The van der Waals surface area contributed by atoms with E-state index in [2.05, 4.69) is 5.10 Å². The van der Waals surface area contributed by atoms with Crippen LogP contribution in [0.2, 0.25) is 0 Å². The third-order valence-corrected chi connectivity index (χ3v) is 2.97. The molecule has 0 saturated heterocycles. The topological polar surface area (TPSA) is 75.3 Å². The molecule has 0 bridgehead atoms. The lowest BCUT2D eigenvalue weighted by Crippen LogP contribution is -2.07. The van der Waals surface area contributed by atoms with E-state index in [1.54, 1.807) is 0 Å². The predicted octanol–water partition coefficient (Wildman–Crippen LogP) is 1.86. The van der Waals surface area contributed by atoms with Crippen LogP contribution in [0.25, 0.3) is 11.3 Å². The van der Waals surface area contributed by atoms with Crippen molar-refractivity contribution in [2.75, 3.05) is 6.61 Å². The van der Waals surface area contributed by atoms with Gasteiger partial charge in [-0.05, 0) is 25.5 Å². The molecular weight excluding hydrogens is 244 g/mol. The third kappa shape index (κ3) is 2.66. The summed E-state index contributed by atoms with van der Waals surface area (Å²) in [5.41, 5.74) is 3.83. The van der Waals surface area contributed by atoms with E-state index in [-0.39, 0.29) is 18.8 Å². The second-order valence-electron chi connectivity index (χ2n) is 4.49. The van der Waals surface area contributed by atoms with Crippen LogP contribution in [-0.4, -0.2) is 32.6 Å². The molecule has 5 nitrogen and oxygen atoms in total. The average Bonchev–Trinajstić information content (AvgIpc) is 2.74. The fourth-order valence-corrected chi connectivity index (χ4v) is 2.10. The molecule has 0 radical (unpaired) electrons. The van der Waals surface area contributed by atoms with Gasteiger partial charge in [0.2, 0.25) is 0 Å². The average molecular weight is 260 g/mol. The fourth-order valence-electron chi connectivity index (χ4n) is 2.10. The van der Waals surface area contributed by atoms with E-state index in [9.17, 15) is 4.79 Å². The smallest absolute Gasteiger partial charge is 0.356 e. The number of aromatic carboxylic acids is 1. The molecule has 0 aliphatic rings. The quantitative estimate of drug-likeness (QED) is 0.879. The maximum Gasteiger partial charge on any atom is 0.356 e. The molecule has 5 heteroatoms. The number of aliphatic hydroxyl groups excluding tert-OH is 1. The minimum Gasteiger partial charge on any atom is -0.476 e. The fraction of sp³-hybridized carbons (Fsp3) is 0.286. The van der Waals surface area contributed by atoms with E-state index >= 15 is 0 Å². The predicted molar refractivity (Wildman–Crippen MR) is 71.2 cm³/mol. The first kappa shape index (κ1) is 13.3. The Kier molecular flexibility index (Phi) is 3.66. The second kappa shape index (κ2) is 5.24. The number of carbonyl (C=O) groups is 1. The Bertz CT molecular complexity index is 617. The van der Waals surface area contributed by atoms with Crippen molar-refractivity contribution < 1.29 is 15.0 Å². The van der Waals surface area contributed by atoms with E-state index in [1.165, 1.54) is 10.7 Å². The van der Waals surface area contributed by atoms with E-state index in [4.69, 9.17) is 10.2 Å². The van der Waals surface area contributed by atoms with Crippen LogP contribution in [0.5, 0.6) is 0 Å². The number of aromatic nitrogens is 2. The van der Waals surface area contributed by atoms with Gasteiger partial charge in [0.15, 0.2) is 5.69 Å². The number of benzene rings is 1. The largest absolute Gasteiger partial charge is 0.476 e. The van der Waals surface area contributed by atoms with Gasteiger partial charge in [0, 0.05) is 5.56 Å². The van der Waals surface area contributed by atoms with Gasteiger partial charge in [0.25, 0.3) is 0 Å². The zero-order chi connectivity index (χ0) is 14.0. The van der Waals surface area contributed by atoms with Crippen molar-refractivity contribution in [2.45, 2.75) is 20.4 Å². The maximum absolute atomic E-state index is 11.0. The summed E-state index contributed by atoms with van der Waals surface area (Å²) in [5.74, 6) is -1.07. The van der Waals surface area contributed by atoms with Crippen molar-refractivity contribution >= 4 is 5.97 Å². The Morgan fingerprint density at radius 1 is 1.32 bits per heavy atom. The number of aryl methyl sites for hydroxylation is 2. The molecular formula is C14H16N2O3. The van der Waals surface area contributed by atoms with Gasteiger partial charge in [0.05, 0.1) is 18.8 Å². The van der Waals surface area contributed by atoms with Crippen LogP contribution in [0.3, 0.4) is 0 Å². The molecule has 100 valence electrons. The minimum atomic E-state index is -1.07. The van der Waals surface area contributed by atoms with Crippen molar-refractivity contribution in [2.24, 2.45) is 0 Å². The number of rotatable bonds is 4. The van der Waals surface area contributed by atoms with E-state index in [0.29, 0.717) is 5.69 Å². The van der Waals surface area contributed by atoms with Gasteiger partial charge in [-0.25, -0.2) is 4.79 Å². The number of hydrogen-bond acceptors (Lipinski definition) is 3. The number of carboxylic acid groups (broad SMARTS) is 1. The molecule has 0 spiro atoms. The third-order valence-electron chi connectivity index (χ3n) is 2.97. The molecule has 0 aliphatic heterocycles. The van der Waals surface area contributed by atoms with E-state index in [1.807, 2.05) is 32.0 Å². The Labute approximate surface area is 111 Å². The van der Waals surface area contributed by atoms with Gasteiger partial charge >= 0.3 is 5.97 Å². The Morgan fingerprint density at radius 2 is 2.05 bits per heavy atom. The molecule has 2 aromatic rings. The summed E-state index contributed by atoms with van der Waals surface area (Å²) in [7, 11) is 0. The molecule has 0 unspecified atom stereocenters. The van der Waals surface area contributed by atoms with Crippen LogP contribution >= 0.6 is 0 Å². The molecule has 1 heterocycles. The molecule has 2 N–H and O–H groups in total. The van der Waals surface area contributed by atoms with Crippen LogP contribution in [0, 0.1) is 13.8 Å². The monoisotopic (exact) mass is 260 g/mol. The minimum absolute atomic E-state index is 0.0107. The molecule has 2 rings (SSSR count). The Hall–Kier alpha value is -2.14. The summed E-state index contributed by atoms with van der Waals surface area (Å²) in [4.78, 5) is 11.0. The van der Waals surface area contributed by atoms with Gasteiger partial charge in [-0.3, -0.25) is 4.68 Å². The van der Waals surface area contributed by atoms with Crippen molar-refractivity contribution in [3.05, 3.63) is 41.1 Å². The second-order valence-corrected chi connectivity index (χ2v) is 4.49. The molecule has 1 aromatic heterocycles. The first-order valence-corrected chi connectivity index (χ1v) is 6.02. The highest BCUT2D eigenvalue weighted by Gasteiger charge is 2.15. The molecule has 0 fully saturated rings. The molecule has 0 saturated carbocycles. The van der Waals surface area contributed by atoms with Crippen molar-refractivity contribution in [3.8, 4) is 11.3 Å². The lowest BCUT2D eigenvalue weighted by molar-refractivity contribution is 0.0689. The zero-order valence-electron chi connectivity index (χ0n) is 10.9. The highest BCUT2D eigenvalue weighted by atomic mass is 16.4. The van der Waals surface area contributed by atoms with Crippen LogP contribution in [0.15, 0.2) is 24.3 Å². The van der Waals surface area contributed by atoms with Crippen LogP contribution in [-0.2, 0) is 6.54 Å². The van der Waals surface area contributed by atoms with Crippen LogP contribution < -0.4 is 0 Å². The van der Waals surface area contributed by atoms with Gasteiger partial charge in [-0.15, -0.1) is 0 Å². The Balaban J connectivity index is 2.56. The standard InChI is InChI=1S/C14H16N2O3/c1-9-3-4-11(10(2)7-9)13-8-12(14(18)19)15-16(13)5-6-17/h3-4,7-8,17H,5-6H2,1-2H3,(H,18,19). The van der Waals surface area contributed by atoms with E-state index in [0.717, 1.165) is 16.7 Å². The zero-order valence-corrected chi connectivity index (χ0v) is 10.9. The highest BCUT2D eigenvalue weighted by molar-refractivity contribution is 5.87. The number of hydrogen-bond donors (Lipinski definition) is 2. The SMILES string of the molecule is Cc1ccc(-c2cc(C(=O)O)nn2CCO)c(C)c1. The highest BCUT2D eigenvalue weighted by Crippen LogP contribution is 2.25. The summed E-state index contributed by atoms with van der Waals surface area (Å²) < 4.78 is 1.53. The summed E-state index contributed by atoms with van der Waals surface area (Å²) in [5, 5.41) is 22.1. The number of carboxylic acids is 1. The van der Waals surface area contributed by atoms with Gasteiger partial charge in [-0.1, -0.05) is 23.8 Å². The lowest BCUT2D eigenvalue weighted by atomic mass is 10.0. The summed E-state index contributed by atoms with van der Waals surface area (Å²) >= 11 is 0. The van der Waals surface area contributed by atoms with Gasteiger partial charge in [0.1, 0.15) is 0 Å². The van der Waals surface area contributed by atoms with Gasteiger partial charge in [-0.2, -0.15) is 5.10 Å². The lowest BCUT2D eigenvalue weighted by Gasteiger charge is -2.09. The van der Waals surface area contributed by atoms with Crippen LogP contribution in [0.1, 0.15) is 21.6 Å². The summed E-state index contributed by atoms with van der Waals surface area (Å²) in [6.45, 7) is 4.16. The summed E-state index contributed by atoms with van der Waals surface area (Å²) in [6, 6.07) is 7.49. The maximum atomic E-state index is 11.0. The number of nitrogens with zero attached hydrogens (tertiary/aromatic N) is 2. The first-order valence-electron chi connectivity index (χ1n) is 6.02. The van der Waals surface area contributed by atoms with Crippen molar-refractivity contribution in [1.82, 2.24) is 9.78 Å². The van der Waals surface area contributed by atoms with E-state index < -0.39 is 5.97 Å². The normalized spacial score (nSPS) is 10.7.